The maximum Gasteiger partial charge on any atom is 0.291 e. The zero-order valence-electron chi connectivity index (χ0n) is 14.0. The summed E-state index contributed by atoms with van der Waals surface area (Å²) >= 11 is 0. The van der Waals surface area contributed by atoms with Crippen molar-refractivity contribution < 1.29 is 14.0 Å². The van der Waals surface area contributed by atoms with Crippen molar-refractivity contribution in [1.82, 2.24) is 5.32 Å². The van der Waals surface area contributed by atoms with Crippen molar-refractivity contribution in [3.63, 3.8) is 0 Å². The van der Waals surface area contributed by atoms with E-state index in [1.54, 1.807) is 24.3 Å². The highest BCUT2D eigenvalue weighted by molar-refractivity contribution is 6.03. The van der Waals surface area contributed by atoms with E-state index in [9.17, 15) is 9.59 Å². The predicted octanol–water partition coefficient (Wildman–Crippen LogP) is 3.20. The number of anilines is 2. The van der Waals surface area contributed by atoms with Gasteiger partial charge in [0.1, 0.15) is 0 Å². The first-order valence-corrected chi connectivity index (χ1v) is 8.10. The monoisotopic (exact) mass is 363 g/mol. The highest BCUT2D eigenvalue weighted by Gasteiger charge is 2.21. The molecule has 0 saturated carbocycles. The van der Waals surface area contributed by atoms with Crippen molar-refractivity contribution >= 4 is 35.6 Å². The minimum Gasteiger partial charge on any atom is -0.459 e. The van der Waals surface area contributed by atoms with Gasteiger partial charge in [0.2, 0.25) is 5.91 Å². The van der Waals surface area contributed by atoms with E-state index in [2.05, 4.69) is 16.0 Å². The summed E-state index contributed by atoms with van der Waals surface area (Å²) in [6.07, 6.45) is 3.19. The minimum atomic E-state index is -0.297. The summed E-state index contributed by atoms with van der Waals surface area (Å²) < 4.78 is 5.08. The van der Waals surface area contributed by atoms with Gasteiger partial charge < -0.3 is 20.4 Å². The van der Waals surface area contributed by atoms with Gasteiger partial charge in [-0.3, -0.25) is 9.59 Å². The van der Waals surface area contributed by atoms with Crippen LogP contribution in [0.5, 0.6) is 0 Å². The summed E-state index contributed by atoms with van der Waals surface area (Å²) in [6.45, 7) is 3.65. The van der Waals surface area contributed by atoms with Crippen molar-refractivity contribution in [1.29, 1.82) is 0 Å². The molecule has 1 saturated heterocycles. The Labute approximate surface area is 152 Å². The van der Waals surface area contributed by atoms with Crippen molar-refractivity contribution in [2.75, 3.05) is 23.7 Å². The fourth-order valence-electron chi connectivity index (χ4n) is 2.80. The molecule has 0 aliphatic carbocycles. The lowest BCUT2D eigenvalue weighted by Gasteiger charge is -2.22. The third-order valence-electron chi connectivity index (χ3n) is 4.20. The van der Waals surface area contributed by atoms with Gasteiger partial charge in [-0.2, -0.15) is 0 Å². The Morgan fingerprint density at radius 3 is 2.56 bits per heavy atom. The number of nitrogens with one attached hydrogen (secondary N) is 3. The smallest absolute Gasteiger partial charge is 0.291 e. The highest BCUT2D eigenvalue weighted by Crippen LogP contribution is 2.22. The molecule has 1 aromatic carbocycles. The van der Waals surface area contributed by atoms with E-state index in [4.69, 9.17) is 4.42 Å². The minimum absolute atomic E-state index is 0. The lowest BCUT2D eigenvalue weighted by atomic mass is 9.97. The Hall–Kier alpha value is -2.31. The van der Waals surface area contributed by atoms with Gasteiger partial charge in [-0.15, -0.1) is 12.4 Å². The molecule has 0 atom stereocenters. The van der Waals surface area contributed by atoms with Gasteiger partial charge in [0, 0.05) is 17.3 Å². The molecule has 0 radical (unpaired) electrons. The Kier molecular flexibility index (Phi) is 6.61. The highest BCUT2D eigenvalue weighted by atomic mass is 35.5. The van der Waals surface area contributed by atoms with Crippen molar-refractivity contribution in [3.05, 3.63) is 47.9 Å². The Morgan fingerprint density at radius 2 is 1.92 bits per heavy atom. The van der Waals surface area contributed by atoms with Crippen molar-refractivity contribution in [2.24, 2.45) is 5.92 Å². The molecule has 1 fully saturated rings. The van der Waals surface area contributed by atoms with E-state index >= 15 is 0 Å². The third kappa shape index (κ3) is 4.84. The maximum atomic E-state index is 12.3. The summed E-state index contributed by atoms with van der Waals surface area (Å²) in [5.74, 6) is 0.0837. The molecular formula is C18H22ClN3O3. The van der Waals surface area contributed by atoms with Gasteiger partial charge in [-0.05, 0) is 68.8 Å². The lowest BCUT2D eigenvalue weighted by molar-refractivity contribution is -0.120. The molecule has 0 unspecified atom stereocenters. The normalized spacial score (nSPS) is 14.4. The average molecular weight is 364 g/mol. The van der Waals surface area contributed by atoms with Gasteiger partial charge in [-0.1, -0.05) is 0 Å². The molecule has 1 aromatic heterocycles. The molecule has 3 N–H and O–H groups in total. The van der Waals surface area contributed by atoms with Crippen LogP contribution in [0.2, 0.25) is 0 Å². The second kappa shape index (κ2) is 8.69. The summed E-state index contributed by atoms with van der Waals surface area (Å²) in [4.78, 5) is 24.3. The molecule has 0 spiro atoms. The number of piperidine rings is 1. The first-order chi connectivity index (χ1) is 11.6. The van der Waals surface area contributed by atoms with Gasteiger partial charge in [0.15, 0.2) is 5.76 Å². The number of halogens is 1. The quantitative estimate of drug-likeness (QED) is 0.779. The lowest BCUT2D eigenvalue weighted by Crippen LogP contribution is -2.34. The fraction of sp³-hybridized carbons (Fsp3) is 0.333. The molecular weight excluding hydrogens is 342 g/mol. The predicted molar refractivity (Wildman–Crippen MR) is 99.3 cm³/mol. The maximum absolute atomic E-state index is 12.3. The van der Waals surface area contributed by atoms with E-state index < -0.39 is 0 Å². The second-order valence-electron chi connectivity index (χ2n) is 5.97. The summed E-state index contributed by atoms with van der Waals surface area (Å²) in [5.41, 5.74) is 2.31. The van der Waals surface area contributed by atoms with E-state index in [0.29, 0.717) is 5.69 Å². The number of carbonyl (C=O) groups excluding carboxylic acids is 2. The van der Waals surface area contributed by atoms with Crippen LogP contribution in [0, 0.1) is 12.8 Å². The molecule has 0 bridgehead atoms. The molecule has 3 rings (SSSR count). The Morgan fingerprint density at radius 1 is 1.16 bits per heavy atom. The van der Waals surface area contributed by atoms with Crippen LogP contribution in [-0.2, 0) is 4.79 Å². The van der Waals surface area contributed by atoms with Crippen LogP contribution >= 0.6 is 12.4 Å². The van der Waals surface area contributed by atoms with E-state index in [1.165, 1.54) is 6.26 Å². The van der Waals surface area contributed by atoms with Crippen molar-refractivity contribution in [2.45, 2.75) is 19.8 Å². The molecule has 1 aliphatic heterocycles. The largest absolute Gasteiger partial charge is 0.459 e. The standard InChI is InChI=1S/C18H21N3O3.ClH/c1-12-11-14(20-17(22)13-6-8-19-9-7-13)4-5-15(12)21-18(23)16-3-2-10-24-16;/h2-5,10-11,13,19H,6-9H2,1H3,(H,20,22)(H,21,23);1H. The summed E-state index contributed by atoms with van der Waals surface area (Å²) in [5, 5.41) is 9.02. The first-order valence-electron chi connectivity index (χ1n) is 8.10. The summed E-state index contributed by atoms with van der Waals surface area (Å²) in [7, 11) is 0. The average Bonchev–Trinajstić information content (AvgIpc) is 3.13. The van der Waals surface area contributed by atoms with Crippen LogP contribution in [0.3, 0.4) is 0 Å². The van der Waals surface area contributed by atoms with Crippen LogP contribution in [0.1, 0.15) is 29.0 Å². The second-order valence-corrected chi connectivity index (χ2v) is 5.97. The number of aryl methyl sites for hydroxylation is 1. The molecule has 7 heteroatoms. The number of hydrogen-bond donors (Lipinski definition) is 3. The molecule has 2 amide bonds. The third-order valence-corrected chi connectivity index (χ3v) is 4.20. The Bertz CT molecular complexity index is 725. The molecule has 6 nitrogen and oxygen atoms in total. The van der Waals surface area contributed by atoms with Gasteiger partial charge in [-0.25, -0.2) is 0 Å². The van der Waals surface area contributed by atoms with Crippen LogP contribution in [0.15, 0.2) is 41.0 Å². The number of carbonyl (C=O) groups is 2. The van der Waals surface area contributed by atoms with Crippen LogP contribution in [0.25, 0.3) is 0 Å². The van der Waals surface area contributed by atoms with Crippen LogP contribution in [0.4, 0.5) is 11.4 Å². The number of hydrogen-bond acceptors (Lipinski definition) is 4. The molecule has 25 heavy (non-hydrogen) atoms. The topological polar surface area (TPSA) is 83.4 Å². The first kappa shape index (κ1) is 19.0. The fourth-order valence-corrected chi connectivity index (χ4v) is 2.80. The van der Waals surface area contributed by atoms with Gasteiger partial charge >= 0.3 is 0 Å². The van der Waals surface area contributed by atoms with E-state index in [0.717, 1.165) is 37.2 Å². The molecule has 2 heterocycles. The van der Waals surface area contributed by atoms with Crippen LogP contribution in [-0.4, -0.2) is 24.9 Å². The van der Waals surface area contributed by atoms with E-state index in [-0.39, 0.29) is 35.9 Å². The number of rotatable bonds is 4. The van der Waals surface area contributed by atoms with E-state index in [1.807, 2.05) is 13.0 Å². The molecule has 1 aliphatic rings. The number of furan rings is 1. The summed E-state index contributed by atoms with van der Waals surface area (Å²) in [6, 6.07) is 8.72. The molecule has 2 aromatic rings. The zero-order valence-corrected chi connectivity index (χ0v) is 14.8. The van der Waals surface area contributed by atoms with Crippen LogP contribution < -0.4 is 16.0 Å². The van der Waals surface area contributed by atoms with Gasteiger partial charge in [0.05, 0.1) is 6.26 Å². The SMILES string of the molecule is Cc1cc(NC(=O)C2CCNCC2)ccc1NC(=O)c1ccco1.Cl. The molecule has 134 valence electrons. The number of benzene rings is 1. The number of amides is 2. The van der Waals surface area contributed by atoms with Crippen molar-refractivity contribution in [3.8, 4) is 0 Å². The van der Waals surface area contributed by atoms with Gasteiger partial charge in [0.25, 0.3) is 5.91 Å². The Balaban J connectivity index is 0.00000225. The zero-order chi connectivity index (χ0) is 16.9.